The molecule has 0 aliphatic heterocycles. The van der Waals surface area contributed by atoms with Crippen molar-refractivity contribution in [3.8, 4) is 11.1 Å². The average Bonchev–Trinajstić information content (AvgIpc) is 2.73. The molecule has 1 amide bonds. The number of amides is 1. The van der Waals surface area contributed by atoms with Crippen LogP contribution in [0.5, 0.6) is 0 Å². The van der Waals surface area contributed by atoms with Gasteiger partial charge in [0.15, 0.2) is 0 Å². The van der Waals surface area contributed by atoms with Crippen LogP contribution in [0.3, 0.4) is 0 Å². The van der Waals surface area contributed by atoms with Gasteiger partial charge < -0.3 is 10.4 Å². The zero-order valence-corrected chi connectivity index (χ0v) is 11.5. The highest BCUT2D eigenvalue weighted by molar-refractivity contribution is 7.15. The first kappa shape index (κ1) is 13.6. The summed E-state index contributed by atoms with van der Waals surface area (Å²) in [5.74, 6) is -1.37. The van der Waals surface area contributed by atoms with E-state index in [9.17, 15) is 14.7 Å². The molecule has 0 radical (unpaired) electrons. The molecule has 0 aliphatic carbocycles. The van der Waals surface area contributed by atoms with Crippen LogP contribution in [0.2, 0.25) is 5.02 Å². The lowest BCUT2D eigenvalue weighted by Crippen LogP contribution is -2.08. The molecule has 0 aliphatic rings. The van der Waals surface area contributed by atoms with Crippen molar-refractivity contribution in [2.24, 2.45) is 0 Å². The topological polar surface area (TPSA) is 66.4 Å². The van der Waals surface area contributed by atoms with Crippen molar-refractivity contribution >= 4 is 39.8 Å². The lowest BCUT2D eigenvalue weighted by atomic mass is 10.0. The van der Waals surface area contributed by atoms with Gasteiger partial charge in [-0.05, 0) is 17.7 Å². The molecule has 4 nitrogen and oxygen atoms in total. The summed E-state index contributed by atoms with van der Waals surface area (Å²) >= 11 is 6.99. The zero-order chi connectivity index (χ0) is 14.0. The molecule has 98 valence electrons. The monoisotopic (exact) mass is 295 g/mol. The molecule has 2 rings (SSSR count). The summed E-state index contributed by atoms with van der Waals surface area (Å²) in [7, 11) is 0. The van der Waals surface area contributed by atoms with Crippen LogP contribution in [0.15, 0.2) is 29.6 Å². The number of anilines is 1. The Morgan fingerprint density at radius 1 is 1.26 bits per heavy atom. The summed E-state index contributed by atoms with van der Waals surface area (Å²) in [5.41, 5.74) is 1.41. The number of halogens is 1. The van der Waals surface area contributed by atoms with E-state index >= 15 is 0 Å². The Hall–Kier alpha value is -1.85. The van der Waals surface area contributed by atoms with Crippen molar-refractivity contribution < 1.29 is 14.7 Å². The Morgan fingerprint density at radius 2 is 1.89 bits per heavy atom. The van der Waals surface area contributed by atoms with Crippen molar-refractivity contribution in [2.45, 2.75) is 6.92 Å². The van der Waals surface area contributed by atoms with Gasteiger partial charge in [-0.1, -0.05) is 23.7 Å². The highest BCUT2D eigenvalue weighted by atomic mass is 35.5. The minimum atomic E-state index is -1.07. The normalized spacial score (nSPS) is 10.2. The Kier molecular flexibility index (Phi) is 3.87. The maximum Gasteiger partial charge on any atom is 0.339 e. The number of nitrogens with one attached hydrogen (secondary N) is 1. The van der Waals surface area contributed by atoms with Gasteiger partial charge >= 0.3 is 5.97 Å². The molecule has 1 aromatic heterocycles. The number of carbonyl (C=O) groups excluding carboxylic acids is 1. The van der Waals surface area contributed by atoms with Gasteiger partial charge in [-0.15, -0.1) is 11.3 Å². The number of hydrogen-bond donors (Lipinski definition) is 2. The molecule has 0 fully saturated rings. The van der Waals surface area contributed by atoms with Crippen LogP contribution in [0.4, 0.5) is 5.00 Å². The minimum Gasteiger partial charge on any atom is -0.478 e. The molecule has 6 heteroatoms. The van der Waals surface area contributed by atoms with Crippen LogP contribution < -0.4 is 5.32 Å². The van der Waals surface area contributed by atoms with Crippen LogP contribution in [-0.4, -0.2) is 17.0 Å². The van der Waals surface area contributed by atoms with Gasteiger partial charge in [-0.3, -0.25) is 4.79 Å². The Bertz CT molecular complexity index is 634. The van der Waals surface area contributed by atoms with Gasteiger partial charge in [0.05, 0.1) is 0 Å². The number of carbonyl (C=O) groups is 2. The van der Waals surface area contributed by atoms with E-state index < -0.39 is 5.97 Å². The Labute approximate surface area is 118 Å². The fourth-order valence-electron chi connectivity index (χ4n) is 1.66. The van der Waals surface area contributed by atoms with Crippen LogP contribution >= 0.6 is 22.9 Å². The van der Waals surface area contributed by atoms with Crippen molar-refractivity contribution in [3.63, 3.8) is 0 Å². The number of rotatable bonds is 3. The summed E-state index contributed by atoms with van der Waals surface area (Å²) in [5, 5.41) is 14.4. The van der Waals surface area contributed by atoms with Gasteiger partial charge in [0.1, 0.15) is 10.6 Å². The maximum atomic E-state index is 11.4. The summed E-state index contributed by atoms with van der Waals surface area (Å²) in [4.78, 5) is 22.4. The number of carboxylic acids is 1. The molecule has 0 atom stereocenters. The first-order valence-electron chi connectivity index (χ1n) is 5.37. The third kappa shape index (κ3) is 2.94. The van der Waals surface area contributed by atoms with Gasteiger partial charge in [0.25, 0.3) is 0 Å². The summed E-state index contributed by atoms with van der Waals surface area (Å²) in [6, 6.07) is 6.87. The predicted molar refractivity (Wildman–Crippen MR) is 76.0 cm³/mol. The third-order valence-corrected chi connectivity index (χ3v) is 3.60. The van der Waals surface area contributed by atoms with E-state index in [4.69, 9.17) is 11.6 Å². The van der Waals surface area contributed by atoms with E-state index in [1.165, 1.54) is 18.3 Å². The molecular formula is C13H10ClNO3S. The predicted octanol–water partition coefficient (Wildman–Crippen LogP) is 3.73. The van der Waals surface area contributed by atoms with E-state index in [-0.39, 0.29) is 11.5 Å². The van der Waals surface area contributed by atoms with Crippen molar-refractivity contribution in [1.29, 1.82) is 0 Å². The molecule has 0 saturated heterocycles. The van der Waals surface area contributed by atoms with Crippen LogP contribution in [0.25, 0.3) is 11.1 Å². The van der Waals surface area contributed by atoms with Crippen molar-refractivity contribution in [3.05, 3.63) is 40.2 Å². The second-order valence-corrected chi connectivity index (χ2v) is 5.16. The number of benzene rings is 1. The van der Waals surface area contributed by atoms with E-state index in [1.54, 1.807) is 29.6 Å². The molecular weight excluding hydrogens is 286 g/mol. The average molecular weight is 296 g/mol. The molecule has 2 aromatic rings. The highest BCUT2D eigenvalue weighted by Gasteiger charge is 2.20. The lowest BCUT2D eigenvalue weighted by Gasteiger charge is -2.04. The summed E-state index contributed by atoms with van der Waals surface area (Å²) < 4.78 is 0. The van der Waals surface area contributed by atoms with Gasteiger partial charge in [-0.25, -0.2) is 4.79 Å². The smallest absolute Gasteiger partial charge is 0.339 e. The zero-order valence-electron chi connectivity index (χ0n) is 9.94. The van der Waals surface area contributed by atoms with Crippen LogP contribution in [-0.2, 0) is 4.79 Å². The first-order chi connectivity index (χ1) is 8.99. The van der Waals surface area contributed by atoms with Crippen molar-refractivity contribution in [2.75, 3.05) is 5.32 Å². The van der Waals surface area contributed by atoms with Crippen LogP contribution in [0.1, 0.15) is 17.3 Å². The molecule has 1 heterocycles. The molecule has 1 aromatic carbocycles. The van der Waals surface area contributed by atoms with Crippen molar-refractivity contribution in [1.82, 2.24) is 0 Å². The minimum absolute atomic E-state index is 0.0996. The van der Waals surface area contributed by atoms with Gasteiger partial charge in [-0.2, -0.15) is 0 Å². The molecule has 2 N–H and O–H groups in total. The fourth-order valence-corrected chi connectivity index (χ4v) is 2.80. The largest absolute Gasteiger partial charge is 0.478 e. The standard InChI is InChI=1S/C13H10ClNO3S/c1-7(16)15-12-11(13(17)18)10(6-19-12)8-2-4-9(14)5-3-8/h2-6H,1H3,(H,15,16)(H,17,18). The number of aromatic carboxylic acids is 1. The molecule has 19 heavy (non-hydrogen) atoms. The summed E-state index contributed by atoms with van der Waals surface area (Å²) in [6.45, 7) is 1.34. The Morgan fingerprint density at radius 3 is 2.42 bits per heavy atom. The van der Waals surface area contributed by atoms with E-state index in [0.29, 0.717) is 15.6 Å². The molecule has 0 unspecified atom stereocenters. The number of carboxylic acid groups (broad SMARTS) is 1. The van der Waals surface area contributed by atoms with Gasteiger partial charge in [0.2, 0.25) is 5.91 Å². The SMILES string of the molecule is CC(=O)Nc1scc(-c2ccc(Cl)cc2)c1C(=O)O. The van der Waals surface area contributed by atoms with E-state index in [1.807, 2.05) is 0 Å². The van der Waals surface area contributed by atoms with Crippen LogP contribution in [0, 0.1) is 0 Å². The second-order valence-electron chi connectivity index (χ2n) is 3.85. The summed E-state index contributed by atoms with van der Waals surface area (Å²) in [6.07, 6.45) is 0. The second kappa shape index (κ2) is 5.42. The third-order valence-electron chi connectivity index (χ3n) is 2.45. The number of thiophene rings is 1. The molecule has 0 spiro atoms. The van der Waals surface area contributed by atoms with E-state index in [2.05, 4.69) is 5.32 Å². The maximum absolute atomic E-state index is 11.4. The Balaban J connectivity index is 2.51. The first-order valence-corrected chi connectivity index (χ1v) is 6.63. The fraction of sp³-hybridized carbons (Fsp3) is 0.0769. The number of hydrogen-bond acceptors (Lipinski definition) is 3. The molecule has 0 bridgehead atoms. The lowest BCUT2D eigenvalue weighted by molar-refractivity contribution is -0.114. The highest BCUT2D eigenvalue weighted by Crippen LogP contribution is 2.35. The quantitative estimate of drug-likeness (QED) is 0.907. The van der Waals surface area contributed by atoms with E-state index in [0.717, 1.165) is 5.56 Å². The van der Waals surface area contributed by atoms with Gasteiger partial charge in [0, 0.05) is 22.9 Å². The molecule has 0 saturated carbocycles.